The molecule has 3 atom stereocenters. The van der Waals surface area contributed by atoms with Gasteiger partial charge in [-0.1, -0.05) is 12.1 Å². The predicted octanol–water partition coefficient (Wildman–Crippen LogP) is 0.813. The largest absolute Gasteiger partial charge is 0.375 e. The first-order valence-corrected chi connectivity index (χ1v) is 8.54. The zero-order chi connectivity index (χ0) is 18.3. The number of nitrogens with two attached hydrogens (primary N) is 1. The van der Waals surface area contributed by atoms with Crippen LogP contribution in [0.15, 0.2) is 29.4 Å². The lowest BCUT2D eigenvalue weighted by atomic mass is 10.0. The van der Waals surface area contributed by atoms with Gasteiger partial charge in [-0.05, 0) is 47.0 Å². The van der Waals surface area contributed by atoms with Crippen molar-refractivity contribution in [3.8, 4) is 5.69 Å². The number of fused-ring (bicyclic) bond motifs is 2. The van der Waals surface area contributed by atoms with Crippen LogP contribution in [0.25, 0.3) is 5.69 Å². The van der Waals surface area contributed by atoms with Crippen molar-refractivity contribution in [1.29, 1.82) is 0 Å². The molecule has 4 rings (SSSR count). The van der Waals surface area contributed by atoms with Gasteiger partial charge in [-0.25, -0.2) is 9.07 Å². The Morgan fingerprint density at radius 2 is 2.19 bits per heavy atom. The van der Waals surface area contributed by atoms with Crippen molar-refractivity contribution >= 4 is 35.3 Å². The summed E-state index contributed by atoms with van der Waals surface area (Å²) in [4.78, 5) is 0. The maximum Gasteiger partial charge on any atom is 0.221 e. The number of hydrogen-bond acceptors (Lipinski definition) is 7. The van der Waals surface area contributed by atoms with Crippen LogP contribution in [0.4, 0.5) is 4.39 Å². The molecule has 26 heavy (non-hydrogen) atoms. The number of tetrazole rings is 1. The number of hydrogen-bond donors (Lipinski definition) is 2. The van der Waals surface area contributed by atoms with Crippen LogP contribution in [0, 0.1) is 10.6 Å². The molecule has 2 aliphatic heterocycles. The van der Waals surface area contributed by atoms with Crippen molar-refractivity contribution in [2.24, 2.45) is 10.8 Å². The highest BCUT2D eigenvalue weighted by molar-refractivity contribution is 7.80. The number of rotatable bonds is 3. The topological polar surface area (TPSA) is 105 Å². The normalized spacial score (nSPS) is 26.2. The van der Waals surface area contributed by atoms with Crippen molar-refractivity contribution < 1.29 is 13.9 Å². The van der Waals surface area contributed by atoms with Crippen LogP contribution < -0.4 is 11.2 Å². The quantitative estimate of drug-likeness (QED) is 0.581. The summed E-state index contributed by atoms with van der Waals surface area (Å²) in [5.41, 5.74) is 8.75. The van der Waals surface area contributed by atoms with Crippen molar-refractivity contribution in [2.75, 3.05) is 6.61 Å². The van der Waals surface area contributed by atoms with E-state index < -0.39 is 12.1 Å². The molecule has 0 saturated carbocycles. The molecule has 0 aliphatic carbocycles. The number of aromatic nitrogens is 4. The third-order valence-corrected chi connectivity index (χ3v) is 4.59. The Bertz CT molecular complexity index is 943. The van der Waals surface area contributed by atoms with Gasteiger partial charge in [-0.15, -0.1) is 0 Å². The van der Waals surface area contributed by atoms with Crippen LogP contribution in [0.1, 0.15) is 12.5 Å². The molecule has 2 bridgehead atoms. The van der Waals surface area contributed by atoms with E-state index in [1.165, 1.54) is 15.4 Å². The second kappa shape index (κ2) is 6.79. The third-order valence-electron chi connectivity index (χ3n) is 4.14. The van der Waals surface area contributed by atoms with Gasteiger partial charge in [0.2, 0.25) is 4.77 Å². The first-order valence-electron chi connectivity index (χ1n) is 7.73. The molecule has 3 heterocycles. The minimum absolute atomic E-state index is 0.0382. The fourth-order valence-electron chi connectivity index (χ4n) is 2.95. The highest BCUT2D eigenvalue weighted by Crippen LogP contribution is 2.33. The lowest BCUT2D eigenvalue weighted by molar-refractivity contribution is -0.0324. The zero-order valence-corrected chi connectivity index (χ0v) is 14.9. The summed E-state index contributed by atoms with van der Waals surface area (Å²) in [6.45, 7) is 0.357. The Labute approximate surface area is 157 Å². The van der Waals surface area contributed by atoms with Gasteiger partial charge in [-0.3, -0.25) is 5.43 Å². The molecule has 0 unspecified atom stereocenters. The number of nitrogens with one attached hydrogen (secondary N) is 1. The maximum absolute atomic E-state index is 14.1. The summed E-state index contributed by atoms with van der Waals surface area (Å²) < 4.78 is 28.5. The highest BCUT2D eigenvalue weighted by Gasteiger charge is 2.44. The van der Waals surface area contributed by atoms with Gasteiger partial charge in [-0.2, -0.15) is 9.78 Å². The Morgan fingerprint density at radius 3 is 2.96 bits per heavy atom. The van der Waals surface area contributed by atoms with Crippen molar-refractivity contribution in [1.82, 2.24) is 25.2 Å². The highest BCUT2D eigenvalue weighted by atomic mass is 32.1. The van der Waals surface area contributed by atoms with Crippen molar-refractivity contribution in [3.63, 3.8) is 0 Å². The van der Waals surface area contributed by atoms with E-state index in [4.69, 9.17) is 39.6 Å². The molecule has 0 amide bonds. The summed E-state index contributed by atoms with van der Waals surface area (Å²) in [6, 6.07) is 5.91. The molecular formula is C14H14FN7O2S2. The minimum Gasteiger partial charge on any atom is -0.375 e. The number of hydrazone groups is 1. The van der Waals surface area contributed by atoms with Gasteiger partial charge in [0, 0.05) is 6.42 Å². The molecular weight excluding hydrogens is 381 g/mol. The van der Waals surface area contributed by atoms with E-state index in [9.17, 15) is 4.39 Å². The number of thiocarbonyl (C=S) groups is 1. The van der Waals surface area contributed by atoms with Crippen LogP contribution in [-0.2, 0) is 9.47 Å². The molecule has 3 N–H and O–H groups in total. The van der Waals surface area contributed by atoms with Crippen LogP contribution >= 0.6 is 24.4 Å². The second-order valence-corrected chi connectivity index (χ2v) is 6.56. The van der Waals surface area contributed by atoms with Crippen molar-refractivity contribution in [3.05, 3.63) is 34.9 Å². The Morgan fingerprint density at radius 1 is 1.38 bits per heavy atom. The molecule has 0 spiro atoms. The molecule has 2 fully saturated rings. The number of para-hydroxylation sites is 1. The van der Waals surface area contributed by atoms with E-state index in [2.05, 4.69) is 21.0 Å². The summed E-state index contributed by atoms with van der Waals surface area (Å²) in [6.07, 6.45) is -0.370. The molecule has 2 aliphatic rings. The summed E-state index contributed by atoms with van der Waals surface area (Å²) in [5.74, 6) is -0.442. The Hall–Kier alpha value is -2.28. The Kier molecular flexibility index (Phi) is 4.48. The van der Waals surface area contributed by atoms with E-state index in [1.54, 1.807) is 18.2 Å². The van der Waals surface area contributed by atoms with E-state index >= 15 is 0 Å². The molecule has 12 heteroatoms. The maximum atomic E-state index is 14.1. The van der Waals surface area contributed by atoms with E-state index in [0.29, 0.717) is 18.7 Å². The zero-order valence-electron chi connectivity index (χ0n) is 13.3. The van der Waals surface area contributed by atoms with Gasteiger partial charge in [0.05, 0.1) is 18.4 Å². The van der Waals surface area contributed by atoms with Gasteiger partial charge in [0.15, 0.2) is 11.4 Å². The van der Waals surface area contributed by atoms with Crippen LogP contribution in [0.5, 0.6) is 0 Å². The first kappa shape index (κ1) is 17.1. The lowest BCUT2D eigenvalue weighted by Gasteiger charge is -2.27. The second-order valence-electron chi connectivity index (χ2n) is 5.76. The molecule has 1 aromatic carbocycles. The lowest BCUT2D eigenvalue weighted by Crippen LogP contribution is -2.39. The molecule has 2 saturated heterocycles. The van der Waals surface area contributed by atoms with E-state index in [-0.39, 0.29) is 27.7 Å². The number of benzene rings is 1. The van der Waals surface area contributed by atoms with Crippen LogP contribution in [-0.4, -0.2) is 49.6 Å². The molecule has 9 nitrogen and oxygen atoms in total. The van der Waals surface area contributed by atoms with Crippen LogP contribution in [0.2, 0.25) is 0 Å². The number of ether oxygens (including phenoxy) is 2. The third kappa shape index (κ3) is 3.00. The number of nitrogens with zero attached hydrogens (tertiary/aromatic N) is 5. The fraction of sp³-hybridized carbons (Fsp3) is 0.357. The molecule has 2 aromatic rings. The SMILES string of the molecule is NC(=S)N/N=C1\C[C@H](n2nnn(-c3ccccc3F)c2=S)[C@H]2CO[C@@H]1O2. The predicted molar refractivity (Wildman–Crippen MR) is 95.8 cm³/mol. The smallest absolute Gasteiger partial charge is 0.221 e. The standard InChI is InChI=1S/C14H14FN7O2S2/c15-7-3-1-2-4-9(7)21-14(26)22(20-19-21)10-5-8(17-18-13(16)25)12-23-6-11(10)24-12/h1-4,10-12H,5-6H2,(H3,16,18,25)/b17-8+/t10-,11+,12+/m0/s1. The first-order chi connectivity index (χ1) is 12.5. The van der Waals surface area contributed by atoms with E-state index in [0.717, 1.165) is 0 Å². The van der Waals surface area contributed by atoms with Gasteiger partial charge < -0.3 is 15.2 Å². The van der Waals surface area contributed by atoms with Gasteiger partial charge in [0.25, 0.3) is 0 Å². The monoisotopic (exact) mass is 395 g/mol. The molecule has 1 aromatic heterocycles. The Balaban J connectivity index is 1.68. The molecule has 136 valence electrons. The van der Waals surface area contributed by atoms with Crippen molar-refractivity contribution in [2.45, 2.75) is 24.9 Å². The average Bonchev–Trinajstić information content (AvgIpc) is 3.20. The summed E-state index contributed by atoms with van der Waals surface area (Å²) in [5, 5.41) is 12.3. The fourth-order valence-corrected chi connectivity index (χ4v) is 3.30. The van der Waals surface area contributed by atoms with Crippen LogP contribution in [0.3, 0.4) is 0 Å². The van der Waals surface area contributed by atoms with E-state index in [1.807, 2.05) is 0 Å². The summed E-state index contributed by atoms with van der Waals surface area (Å²) in [7, 11) is 0. The minimum atomic E-state index is -0.561. The van der Waals surface area contributed by atoms with Gasteiger partial charge >= 0.3 is 0 Å². The average molecular weight is 395 g/mol. The molecule has 0 radical (unpaired) electrons. The van der Waals surface area contributed by atoms with Gasteiger partial charge in [0.1, 0.15) is 17.6 Å². The number of halogens is 1. The summed E-state index contributed by atoms with van der Waals surface area (Å²) >= 11 is 10.2.